The van der Waals surface area contributed by atoms with Crippen LogP contribution in [0.2, 0.25) is 0 Å². The Morgan fingerprint density at radius 3 is 2.59 bits per heavy atom. The second kappa shape index (κ2) is 6.20. The van der Waals surface area contributed by atoms with E-state index in [1.54, 1.807) is 0 Å². The van der Waals surface area contributed by atoms with Gasteiger partial charge >= 0.3 is 0 Å². The number of furan rings is 1. The number of thiocarbonyl (C=S) groups is 1. The van der Waals surface area contributed by atoms with Gasteiger partial charge in [0.05, 0.1) is 6.04 Å². The van der Waals surface area contributed by atoms with E-state index in [9.17, 15) is 0 Å². The Morgan fingerprint density at radius 2 is 1.82 bits per heavy atom. The summed E-state index contributed by atoms with van der Waals surface area (Å²) in [5, 5.41) is 8.17. The Hall–Kier alpha value is -2.33. The van der Waals surface area contributed by atoms with Crippen molar-refractivity contribution in [2.24, 2.45) is 0 Å². The van der Waals surface area contributed by atoms with E-state index in [4.69, 9.17) is 16.6 Å². The summed E-state index contributed by atoms with van der Waals surface area (Å²) >= 11 is 5.39. The SMILES string of the molecule is Cc1ccccc1NC(=S)N[C@H](C)c1cc2ccccc2o1. The van der Waals surface area contributed by atoms with E-state index in [-0.39, 0.29) is 6.04 Å². The number of para-hydroxylation sites is 2. The molecule has 1 atom stereocenters. The van der Waals surface area contributed by atoms with Crippen molar-refractivity contribution in [1.82, 2.24) is 5.32 Å². The Balaban J connectivity index is 1.69. The molecule has 0 radical (unpaired) electrons. The molecule has 3 rings (SSSR count). The van der Waals surface area contributed by atoms with Crippen LogP contribution in [0.4, 0.5) is 5.69 Å². The van der Waals surface area contributed by atoms with Gasteiger partial charge in [-0.2, -0.15) is 0 Å². The van der Waals surface area contributed by atoms with Gasteiger partial charge in [0.2, 0.25) is 0 Å². The van der Waals surface area contributed by atoms with Gasteiger partial charge in [-0.1, -0.05) is 36.4 Å². The van der Waals surface area contributed by atoms with E-state index in [2.05, 4.69) is 10.6 Å². The van der Waals surface area contributed by atoms with Crippen LogP contribution in [0.3, 0.4) is 0 Å². The van der Waals surface area contributed by atoms with Crippen LogP contribution in [-0.2, 0) is 0 Å². The first-order chi connectivity index (χ1) is 10.6. The van der Waals surface area contributed by atoms with Crippen LogP contribution in [0.25, 0.3) is 11.0 Å². The van der Waals surface area contributed by atoms with Crippen molar-refractivity contribution in [3.63, 3.8) is 0 Å². The summed E-state index contributed by atoms with van der Waals surface area (Å²) in [6, 6.07) is 18.1. The van der Waals surface area contributed by atoms with Crippen molar-refractivity contribution >= 4 is 34.0 Å². The van der Waals surface area contributed by atoms with Gasteiger partial charge < -0.3 is 15.1 Å². The molecule has 0 fully saturated rings. The van der Waals surface area contributed by atoms with Crippen molar-refractivity contribution in [3.05, 3.63) is 65.9 Å². The van der Waals surface area contributed by atoms with Crippen LogP contribution in [0, 0.1) is 6.92 Å². The highest BCUT2D eigenvalue weighted by Gasteiger charge is 2.12. The third-order valence-corrected chi connectivity index (χ3v) is 3.83. The fraction of sp³-hybridized carbons (Fsp3) is 0.167. The number of anilines is 1. The number of aryl methyl sites for hydroxylation is 1. The van der Waals surface area contributed by atoms with Gasteiger partial charge in [-0.25, -0.2) is 0 Å². The summed E-state index contributed by atoms with van der Waals surface area (Å²) in [6.07, 6.45) is 0. The summed E-state index contributed by atoms with van der Waals surface area (Å²) in [4.78, 5) is 0. The standard InChI is InChI=1S/C18H18N2OS/c1-12-7-3-5-9-15(12)20-18(22)19-13(2)17-11-14-8-4-6-10-16(14)21-17/h3-11,13H,1-2H3,(H2,19,20,22)/t13-/m1/s1. The van der Waals surface area contributed by atoms with Gasteiger partial charge in [0.1, 0.15) is 11.3 Å². The molecule has 0 spiro atoms. The van der Waals surface area contributed by atoms with Crippen molar-refractivity contribution in [2.45, 2.75) is 19.9 Å². The predicted molar refractivity (Wildman–Crippen MR) is 95.2 cm³/mol. The van der Waals surface area contributed by atoms with E-state index in [0.717, 1.165) is 28.0 Å². The van der Waals surface area contributed by atoms with Crippen molar-refractivity contribution < 1.29 is 4.42 Å². The monoisotopic (exact) mass is 310 g/mol. The topological polar surface area (TPSA) is 37.2 Å². The molecule has 1 heterocycles. The number of rotatable bonds is 3. The molecule has 4 heteroatoms. The lowest BCUT2D eigenvalue weighted by Gasteiger charge is -2.16. The second-order valence-electron chi connectivity index (χ2n) is 5.32. The molecule has 22 heavy (non-hydrogen) atoms. The average molecular weight is 310 g/mol. The fourth-order valence-electron chi connectivity index (χ4n) is 2.36. The van der Waals surface area contributed by atoms with E-state index in [1.807, 2.05) is 68.4 Å². The van der Waals surface area contributed by atoms with Gasteiger partial charge in [-0.3, -0.25) is 0 Å². The molecular weight excluding hydrogens is 292 g/mol. The highest BCUT2D eigenvalue weighted by atomic mass is 32.1. The van der Waals surface area contributed by atoms with Gasteiger partial charge in [0.25, 0.3) is 0 Å². The first-order valence-corrected chi connectivity index (χ1v) is 7.66. The zero-order valence-electron chi connectivity index (χ0n) is 12.6. The fourth-order valence-corrected chi connectivity index (χ4v) is 2.64. The zero-order valence-corrected chi connectivity index (χ0v) is 13.4. The zero-order chi connectivity index (χ0) is 15.5. The Bertz CT molecular complexity index is 776. The molecule has 0 aliphatic carbocycles. The second-order valence-corrected chi connectivity index (χ2v) is 5.73. The number of fused-ring (bicyclic) bond motifs is 1. The van der Waals surface area contributed by atoms with E-state index < -0.39 is 0 Å². The quantitative estimate of drug-likeness (QED) is 0.682. The molecule has 0 aliphatic heterocycles. The first kappa shape index (κ1) is 14.6. The van der Waals surface area contributed by atoms with Crippen molar-refractivity contribution in [2.75, 3.05) is 5.32 Å². The van der Waals surface area contributed by atoms with Crippen LogP contribution in [0.5, 0.6) is 0 Å². The summed E-state index contributed by atoms with van der Waals surface area (Å²) in [6.45, 7) is 4.08. The average Bonchev–Trinajstić information content (AvgIpc) is 2.93. The van der Waals surface area contributed by atoms with Crippen molar-refractivity contribution in [3.8, 4) is 0 Å². The molecule has 0 bridgehead atoms. The lowest BCUT2D eigenvalue weighted by Crippen LogP contribution is -2.30. The summed E-state index contributed by atoms with van der Waals surface area (Å²) in [5.74, 6) is 0.870. The number of nitrogens with one attached hydrogen (secondary N) is 2. The summed E-state index contributed by atoms with van der Waals surface area (Å²) < 4.78 is 5.85. The maximum atomic E-state index is 5.85. The molecular formula is C18H18N2OS. The van der Waals surface area contributed by atoms with Crippen LogP contribution in [0.1, 0.15) is 24.3 Å². The smallest absolute Gasteiger partial charge is 0.171 e. The Kier molecular flexibility index (Phi) is 4.11. The van der Waals surface area contributed by atoms with Crippen LogP contribution < -0.4 is 10.6 Å². The minimum Gasteiger partial charge on any atom is -0.459 e. The largest absolute Gasteiger partial charge is 0.459 e. The van der Waals surface area contributed by atoms with E-state index in [0.29, 0.717) is 5.11 Å². The molecule has 1 aromatic heterocycles. The molecule has 0 amide bonds. The first-order valence-electron chi connectivity index (χ1n) is 7.25. The molecule has 3 nitrogen and oxygen atoms in total. The van der Waals surface area contributed by atoms with Crippen molar-refractivity contribution in [1.29, 1.82) is 0 Å². The minimum atomic E-state index is -0.00332. The maximum Gasteiger partial charge on any atom is 0.171 e. The molecule has 2 aromatic carbocycles. The molecule has 2 N–H and O–H groups in total. The van der Waals surface area contributed by atoms with Gasteiger partial charge in [-0.05, 0) is 49.8 Å². The molecule has 112 valence electrons. The van der Waals surface area contributed by atoms with E-state index in [1.165, 1.54) is 0 Å². The number of hydrogen-bond acceptors (Lipinski definition) is 2. The summed E-state index contributed by atoms with van der Waals surface area (Å²) in [5.41, 5.74) is 3.06. The number of hydrogen-bond donors (Lipinski definition) is 2. The number of benzene rings is 2. The van der Waals surface area contributed by atoms with Crippen LogP contribution in [-0.4, -0.2) is 5.11 Å². The highest BCUT2D eigenvalue weighted by Crippen LogP contribution is 2.23. The minimum absolute atomic E-state index is 0.00332. The molecule has 0 aliphatic rings. The Morgan fingerprint density at radius 1 is 1.09 bits per heavy atom. The van der Waals surface area contributed by atoms with Crippen LogP contribution >= 0.6 is 12.2 Å². The van der Waals surface area contributed by atoms with E-state index >= 15 is 0 Å². The van der Waals surface area contributed by atoms with Gasteiger partial charge in [0.15, 0.2) is 5.11 Å². The van der Waals surface area contributed by atoms with Gasteiger partial charge in [0, 0.05) is 11.1 Å². The van der Waals surface area contributed by atoms with Gasteiger partial charge in [-0.15, -0.1) is 0 Å². The highest BCUT2D eigenvalue weighted by molar-refractivity contribution is 7.80. The Labute approximate surface area is 135 Å². The molecule has 0 saturated heterocycles. The molecule has 0 saturated carbocycles. The normalized spacial score (nSPS) is 12.1. The molecule has 0 unspecified atom stereocenters. The lowest BCUT2D eigenvalue weighted by molar-refractivity contribution is 0.493. The summed E-state index contributed by atoms with van der Waals surface area (Å²) in [7, 11) is 0. The molecule has 3 aromatic rings. The lowest BCUT2D eigenvalue weighted by atomic mass is 10.2. The van der Waals surface area contributed by atoms with Crippen LogP contribution in [0.15, 0.2) is 59.0 Å². The third-order valence-electron chi connectivity index (χ3n) is 3.61. The maximum absolute atomic E-state index is 5.85. The third kappa shape index (κ3) is 3.12. The predicted octanol–water partition coefficient (Wildman–Crippen LogP) is 4.79.